The first-order valence-corrected chi connectivity index (χ1v) is 9.16. The first kappa shape index (κ1) is 16.2. The Kier molecular flexibility index (Phi) is 5.13. The van der Waals surface area contributed by atoms with Crippen LogP contribution in [0.5, 0.6) is 0 Å². The summed E-state index contributed by atoms with van der Waals surface area (Å²) in [5.74, 6) is -0.915. The number of likely N-dealkylation sites (tertiary alicyclic amines) is 1. The molecular formula is C19H23NO2S. The molecule has 3 rings (SSSR count). The number of carbonyl (C=O) groups is 1. The number of aryl methyl sites for hydroxylation is 1. The van der Waals surface area contributed by atoms with Crippen LogP contribution in [0, 0.1) is 5.92 Å². The van der Waals surface area contributed by atoms with Crippen LogP contribution in [0.3, 0.4) is 0 Å². The van der Waals surface area contributed by atoms with Gasteiger partial charge in [0.2, 0.25) is 0 Å². The summed E-state index contributed by atoms with van der Waals surface area (Å²) < 4.78 is 0. The largest absolute Gasteiger partial charge is 0.481 e. The molecule has 0 aliphatic carbocycles. The van der Waals surface area contributed by atoms with Gasteiger partial charge in [-0.2, -0.15) is 0 Å². The number of hydrogen-bond acceptors (Lipinski definition) is 3. The lowest BCUT2D eigenvalue weighted by Gasteiger charge is -2.37. The van der Waals surface area contributed by atoms with Gasteiger partial charge in [0.05, 0.1) is 12.0 Å². The molecule has 1 fully saturated rings. The molecular weight excluding hydrogens is 306 g/mol. The highest BCUT2D eigenvalue weighted by Gasteiger charge is 2.31. The molecule has 0 saturated carbocycles. The van der Waals surface area contributed by atoms with E-state index in [4.69, 9.17) is 0 Å². The Morgan fingerprint density at radius 2 is 2.13 bits per heavy atom. The summed E-state index contributed by atoms with van der Waals surface area (Å²) in [4.78, 5) is 15.0. The van der Waals surface area contributed by atoms with Crippen molar-refractivity contribution in [1.29, 1.82) is 0 Å². The van der Waals surface area contributed by atoms with E-state index in [1.165, 1.54) is 16.0 Å². The quantitative estimate of drug-likeness (QED) is 0.894. The molecule has 2 heterocycles. The van der Waals surface area contributed by atoms with Crippen LogP contribution in [0.15, 0.2) is 41.8 Å². The number of aliphatic carboxylic acids is 1. The first-order valence-electron chi connectivity index (χ1n) is 8.28. The molecule has 0 spiro atoms. The molecule has 0 radical (unpaired) electrons. The fraction of sp³-hybridized carbons (Fsp3) is 0.421. The highest BCUT2D eigenvalue weighted by Crippen LogP contribution is 2.35. The third-order valence-electron chi connectivity index (χ3n) is 4.68. The predicted molar refractivity (Wildman–Crippen MR) is 93.9 cm³/mol. The van der Waals surface area contributed by atoms with Crippen molar-refractivity contribution in [1.82, 2.24) is 4.90 Å². The van der Waals surface area contributed by atoms with Gasteiger partial charge in [-0.3, -0.25) is 9.69 Å². The van der Waals surface area contributed by atoms with E-state index in [1.807, 2.05) is 0 Å². The van der Waals surface area contributed by atoms with Crippen molar-refractivity contribution in [3.05, 3.63) is 57.8 Å². The third-order valence-corrected chi connectivity index (χ3v) is 5.61. The molecule has 1 N–H and O–H groups in total. The zero-order valence-electron chi connectivity index (χ0n) is 13.4. The molecule has 0 amide bonds. The van der Waals surface area contributed by atoms with Gasteiger partial charge in [0.1, 0.15) is 0 Å². The van der Waals surface area contributed by atoms with Gasteiger partial charge in [-0.1, -0.05) is 37.3 Å². The molecule has 1 aliphatic heterocycles. The number of thiophene rings is 1. The van der Waals surface area contributed by atoms with E-state index < -0.39 is 5.97 Å². The van der Waals surface area contributed by atoms with Gasteiger partial charge in [-0.05, 0) is 48.4 Å². The van der Waals surface area contributed by atoms with E-state index >= 15 is 0 Å². The van der Waals surface area contributed by atoms with Gasteiger partial charge in [-0.25, -0.2) is 0 Å². The maximum Gasteiger partial charge on any atom is 0.307 e. The highest BCUT2D eigenvalue weighted by atomic mass is 32.1. The van der Waals surface area contributed by atoms with E-state index in [0.717, 1.165) is 25.8 Å². The Bertz CT molecular complexity index is 636. The van der Waals surface area contributed by atoms with Crippen LogP contribution in [0.2, 0.25) is 0 Å². The van der Waals surface area contributed by atoms with Crippen LogP contribution in [0.25, 0.3) is 0 Å². The lowest BCUT2D eigenvalue weighted by Crippen LogP contribution is -2.41. The molecule has 0 bridgehead atoms. The minimum Gasteiger partial charge on any atom is -0.481 e. The molecule has 2 atom stereocenters. The molecule has 1 saturated heterocycles. The topological polar surface area (TPSA) is 40.5 Å². The minimum absolute atomic E-state index is 0.169. The van der Waals surface area contributed by atoms with E-state index in [0.29, 0.717) is 6.54 Å². The van der Waals surface area contributed by atoms with Crippen molar-refractivity contribution in [2.75, 3.05) is 13.1 Å². The summed E-state index contributed by atoms with van der Waals surface area (Å²) in [6.45, 7) is 3.75. The fourth-order valence-electron chi connectivity index (χ4n) is 3.38. The fourth-order valence-corrected chi connectivity index (χ4v) is 4.27. The van der Waals surface area contributed by atoms with E-state index in [9.17, 15) is 9.90 Å². The van der Waals surface area contributed by atoms with Crippen molar-refractivity contribution in [2.24, 2.45) is 5.92 Å². The molecule has 122 valence electrons. The van der Waals surface area contributed by atoms with Crippen LogP contribution >= 0.6 is 11.3 Å². The number of nitrogens with zero attached hydrogens (tertiary/aromatic N) is 1. The number of carboxylic acids is 1. The van der Waals surface area contributed by atoms with Gasteiger partial charge in [0.25, 0.3) is 0 Å². The molecule has 1 aromatic carbocycles. The van der Waals surface area contributed by atoms with E-state index in [-0.39, 0.29) is 12.0 Å². The molecule has 3 nitrogen and oxygen atoms in total. The normalized spacial score (nSPS) is 20.3. The van der Waals surface area contributed by atoms with Crippen LogP contribution in [0.4, 0.5) is 0 Å². The van der Waals surface area contributed by atoms with Crippen molar-refractivity contribution in [3.8, 4) is 0 Å². The average Bonchev–Trinajstić information content (AvgIpc) is 3.10. The van der Waals surface area contributed by atoms with Crippen LogP contribution in [-0.2, 0) is 11.2 Å². The van der Waals surface area contributed by atoms with Gasteiger partial charge in [-0.15, -0.1) is 11.3 Å². The van der Waals surface area contributed by atoms with Gasteiger partial charge in [0, 0.05) is 11.4 Å². The Morgan fingerprint density at radius 3 is 2.74 bits per heavy atom. The van der Waals surface area contributed by atoms with Crippen LogP contribution in [0.1, 0.15) is 41.8 Å². The van der Waals surface area contributed by atoms with Gasteiger partial charge >= 0.3 is 5.97 Å². The Hall–Kier alpha value is -1.65. The second-order valence-corrected chi connectivity index (χ2v) is 7.16. The standard InChI is InChI=1S/C19H23NO2S/c1-2-14-7-9-15(10-8-14)18(17-6-4-12-23-17)20-11-3-5-16(13-20)19(21)22/h4,6-10,12,16,18H,2-3,5,11,13H2,1H3,(H,21,22). The lowest BCUT2D eigenvalue weighted by atomic mass is 9.94. The molecule has 23 heavy (non-hydrogen) atoms. The van der Waals surface area contributed by atoms with Crippen LogP contribution in [-0.4, -0.2) is 29.1 Å². The number of rotatable bonds is 5. The number of benzene rings is 1. The summed E-state index contributed by atoms with van der Waals surface area (Å²) in [5.41, 5.74) is 2.59. The summed E-state index contributed by atoms with van der Waals surface area (Å²) >= 11 is 1.75. The third kappa shape index (κ3) is 3.65. The zero-order chi connectivity index (χ0) is 16.2. The van der Waals surface area contributed by atoms with Crippen molar-refractivity contribution < 1.29 is 9.90 Å². The summed E-state index contributed by atoms with van der Waals surface area (Å²) in [6.07, 6.45) is 2.78. The molecule has 1 aliphatic rings. The van der Waals surface area contributed by atoms with E-state index in [1.54, 1.807) is 11.3 Å². The summed E-state index contributed by atoms with van der Waals surface area (Å²) in [5, 5.41) is 11.5. The molecule has 1 aromatic heterocycles. The zero-order valence-corrected chi connectivity index (χ0v) is 14.3. The highest BCUT2D eigenvalue weighted by molar-refractivity contribution is 7.10. The smallest absolute Gasteiger partial charge is 0.307 e. The summed E-state index contributed by atoms with van der Waals surface area (Å²) in [6, 6.07) is 13.2. The van der Waals surface area contributed by atoms with Gasteiger partial charge in [0.15, 0.2) is 0 Å². The average molecular weight is 329 g/mol. The van der Waals surface area contributed by atoms with Crippen molar-refractivity contribution in [3.63, 3.8) is 0 Å². The van der Waals surface area contributed by atoms with Crippen molar-refractivity contribution >= 4 is 17.3 Å². The van der Waals surface area contributed by atoms with Gasteiger partial charge < -0.3 is 5.11 Å². The first-order chi connectivity index (χ1) is 11.2. The summed E-state index contributed by atoms with van der Waals surface area (Å²) in [7, 11) is 0. The molecule has 2 aromatic rings. The molecule has 4 heteroatoms. The maximum absolute atomic E-state index is 11.4. The number of piperidine rings is 1. The minimum atomic E-state index is -0.666. The predicted octanol–water partition coefficient (Wildman–Crippen LogP) is 4.20. The second kappa shape index (κ2) is 7.28. The lowest BCUT2D eigenvalue weighted by molar-refractivity contribution is -0.143. The molecule has 2 unspecified atom stereocenters. The SMILES string of the molecule is CCc1ccc(C(c2cccs2)N2CCCC(C(=O)O)C2)cc1. The maximum atomic E-state index is 11.4. The van der Waals surface area contributed by atoms with Crippen LogP contribution < -0.4 is 0 Å². The van der Waals surface area contributed by atoms with Crippen molar-refractivity contribution in [2.45, 2.75) is 32.2 Å². The second-order valence-electron chi connectivity index (χ2n) is 6.19. The number of hydrogen-bond donors (Lipinski definition) is 1. The Balaban J connectivity index is 1.90. The monoisotopic (exact) mass is 329 g/mol. The Morgan fingerprint density at radius 1 is 1.35 bits per heavy atom. The Labute approximate surface area is 141 Å². The number of carboxylic acid groups (broad SMARTS) is 1. The van der Waals surface area contributed by atoms with E-state index in [2.05, 4.69) is 53.6 Å².